The van der Waals surface area contributed by atoms with Gasteiger partial charge in [-0.25, -0.2) is 0 Å². The Labute approximate surface area is 132 Å². The SMILES string of the molecule is CCCCCCC(=O)Nc1ccc(Nc2ccccc2)cc1. The van der Waals surface area contributed by atoms with Gasteiger partial charge in [0.15, 0.2) is 0 Å². The van der Waals surface area contributed by atoms with Crippen molar-refractivity contribution in [1.29, 1.82) is 0 Å². The zero-order valence-electron chi connectivity index (χ0n) is 13.1. The number of amides is 1. The number of hydrogen-bond donors (Lipinski definition) is 2. The van der Waals surface area contributed by atoms with Gasteiger partial charge in [-0.2, -0.15) is 0 Å². The highest BCUT2D eigenvalue weighted by Crippen LogP contribution is 2.18. The van der Waals surface area contributed by atoms with Crippen molar-refractivity contribution in [2.45, 2.75) is 39.0 Å². The van der Waals surface area contributed by atoms with Gasteiger partial charge in [0.05, 0.1) is 0 Å². The van der Waals surface area contributed by atoms with Crippen LogP contribution in [0.5, 0.6) is 0 Å². The minimum Gasteiger partial charge on any atom is -0.356 e. The number of nitrogens with one attached hydrogen (secondary N) is 2. The van der Waals surface area contributed by atoms with Gasteiger partial charge in [0.1, 0.15) is 0 Å². The Morgan fingerprint density at radius 1 is 0.818 bits per heavy atom. The molecule has 0 radical (unpaired) electrons. The Morgan fingerprint density at radius 2 is 1.45 bits per heavy atom. The van der Waals surface area contributed by atoms with E-state index >= 15 is 0 Å². The normalized spacial score (nSPS) is 10.2. The number of hydrogen-bond acceptors (Lipinski definition) is 2. The molecule has 1 amide bonds. The number of para-hydroxylation sites is 1. The lowest BCUT2D eigenvalue weighted by atomic mass is 10.1. The lowest BCUT2D eigenvalue weighted by Crippen LogP contribution is -2.10. The lowest BCUT2D eigenvalue weighted by molar-refractivity contribution is -0.116. The zero-order chi connectivity index (χ0) is 15.6. The Hall–Kier alpha value is -2.29. The van der Waals surface area contributed by atoms with Crippen LogP contribution in [0.25, 0.3) is 0 Å². The topological polar surface area (TPSA) is 41.1 Å². The molecule has 3 nitrogen and oxygen atoms in total. The van der Waals surface area contributed by atoms with Crippen LogP contribution in [0.2, 0.25) is 0 Å². The first-order valence-electron chi connectivity index (χ1n) is 8.00. The summed E-state index contributed by atoms with van der Waals surface area (Å²) in [6, 6.07) is 17.8. The molecular formula is C19H24N2O. The predicted molar refractivity (Wildman–Crippen MR) is 93.6 cm³/mol. The van der Waals surface area contributed by atoms with E-state index < -0.39 is 0 Å². The van der Waals surface area contributed by atoms with Crippen LogP contribution in [0.3, 0.4) is 0 Å². The summed E-state index contributed by atoms with van der Waals surface area (Å²) >= 11 is 0. The third kappa shape index (κ3) is 5.60. The fourth-order valence-electron chi connectivity index (χ4n) is 2.26. The molecule has 0 aliphatic rings. The van der Waals surface area contributed by atoms with Crippen molar-refractivity contribution in [3.05, 3.63) is 54.6 Å². The van der Waals surface area contributed by atoms with E-state index in [9.17, 15) is 4.79 Å². The third-order valence-corrected chi connectivity index (χ3v) is 3.49. The summed E-state index contributed by atoms with van der Waals surface area (Å²) in [5.74, 6) is 0.0971. The highest BCUT2D eigenvalue weighted by atomic mass is 16.1. The average Bonchev–Trinajstić information content (AvgIpc) is 2.54. The first kappa shape index (κ1) is 16.1. The van der Waals surface area contributed by atoms with Crippen LogP contribution in [-0.2, 0) is 4.79 Å². The summed E-state index contributed by atoms with van der Waals surface area (Å²) in [4.78, 5) is 11.8. The van der Waals surface area contributed by atoms with Crippen LogP contribution in [0.4, 0.5) is 17.1 Å². The molecule has 0 aliphatic heterocycles. The molecule has 0 heterocycles. The lowest BCUT2D eigenvalue weighted by Gasteiger charge is -2.08. The Balaban J connectivity index is 1.80. The van der Waals surface area contributed by atoms with E-state index in [1.165, 1.54) is 12.8 Å². The van der Waals surface area contributed by atoms with E-state index in [-0.39, 0.29) is 5.91 Å². The molecule has 0 saturated heterocycles. The maximum absolute atomic E-state index is 11.8. The highest BCUT2D eigenvalue weighted by molar-refractivity contribution is 5.90. The van der Waals surface area contributed by atoms with Gasteiger partial charge in [0.25, 0.3) is 0 Å². The summed E-state index contributed by atoms with van der Waals surface area (Å²) in [6.45, 7) is 2.17. The van der Waals surface area contributed by atoms with E-state index in [0.717, 1.165) is 29.9 Å². The monoisotopic (exact) mass is 296 g/mol. The molecule has 0 saturated carbocycles. The molecule has 3 heteroatoms. The van der Waals surface area contributed by atoms with Crippen LogP contribution >= 0.6 is 0 Å². The van der Waals surface area contributed by atoms with Crippen molar-refractivity contribution < 1.29 is 4.79 Å². The number of carbonyl (C=O) groups is 1. The second kappa shape index (κ2) is 8.88. The van der Waals surface area contributed by atoms with Crippen LogP contribution < -0.4 is 10.6 Å². The third-order valence-electron chi connectivity index (χ3n) is 3.49. The smallest absolute Gasteiger partial charge is 0.224 e. The summed E-state index contributed by atoms with van der Waals surface area (Å²) in [6.07, 6.45) is 5.09. The minimum atomic E-state index is 0.0971. The maximum Gasteiger partial charge on any atom is 0.224 e. The molecule has 2 N–H and O–H groups in total. The zero-order valence-corrected chi connectivity index (χ0v) is 13.1. The molecular weight excluding hydrogens is 272 g/mol. The van der Waals surface area contributed by atoms with Crippen molar-refractivity contribution >= 4 is 23.0 Å². The van der Waals surface area contributed by atoms with Gasteiger partial charge in [0.2, 0.25) is 5.91 Å². The summed E-state index contributed by atoms with van der Waals surface area (Å²) in [5.41, 5.74) is 2.90. The molecule has 116 valence electrons. The standard InChI is InChI=1S/C19H24N2O/c1-2-3-4-8-11-19(22)21-18-14-12-17(13-15-18)20-16-9-6-5-7-10-16/h5-7,9-10,12-15,20H,2-4,8,11H2,1H3,(H,21,22). The van der Waals surface area contributed by atoms with Crippen LogP contribution in [0.15, 0.2) is 54.6 Å². The molecule has 2 aromatic rings. The van der Waals surface area contributed by atoms with Gasteiger partial charge in [-0.1, -0.05) is 44.4 Å². The van der Waals surface area contributed by atoms with E-state index in [0.29, 0.717) is 6.42 Å². The van der Waals surface area contributed by atoms with Crippen LogP contribution in [-0.4, -0.2) is 5.91 Å². The van der Waals surface area contributed by atoms with Gasteiger partial charge in [-0.15, -0.1) is 0 Å². The van der Waals surface area contributed by atoms with E-state index in [1.54, 1.807) is 0 Å². The van der Waals surface area contributed by atoms with Crippen molar-refractivity contribution in [2.75, 3.05) is 10.6 Å². The van der Waals surface area contributed by atoms with Crippen molar-refractivity contribution in [3.8, 4) is 0 Å². The van der Waals surface area contributed by atoms with E-state index in [1.807, 2.05) is 54.6 Å². The van der Waals surface area contributed by atoms with Gasteiger partial charge < -0.3 is 10.6 Å². The van der Waals surface area contributed by atoms with Crippen LogP contribution in [0.1, 0.15) is 39.0 Å². The number of anilines is 3. The molecule has 0 aromatic heterocycles. The van der Waals surface area contributed by atoms with Crippen molar-refractivity contribution in [1.82, 2.24) is 0 Å². The molecule has 2 aromatic carbocycles. The number of carbonyl (C=O) groups excluding carboxylic acids is 1. The molecule has 0 unspecified atom stereocenters. The summed E-state index contributed by atoms with van der Waals surface area (Å²) in [7, 11) is 0. The van der Waals surface area contributed by atoms with E-state index in [4.69, 9.17) is 0 Å². The molecule has 22 heavy (non-hydrogen) atoms. The molecule has 0 atom stereocenters. The molecule has 0 fully saturated rings. The highest BCUT2D eigenvalue weighted by Gasteiger charge is 2.02. The van der Waals surface area contributed by atoms with Crippen LogP contribution in [0, 0.1) is 0 Å². The second-order valence-corrected chi connectivity index (χ2v) is 5.43. The first-order valence-corrected chi connectivity index (χ1v) is 8.00. The van der Waals surface area contributed by atoms with Gasteiger partial charge >= 0.3 is 0 Å². The van der Waals surface area contributed by atoms with Gasteiger partial charge in [-0.05, 0) is 42.8 Å². The number of rotatable bonds is 8. The first-order chi connectivity index (χ1) is 10.8. The molecule has 0 aliphatic carbocycles. The van der Waals surface area contributed by atoms with Crippen molar-refractivity contribution in [2.24, 2.45) is 0 Å². The second-order valence-electron chi connectivity index (χ2n) is 5.43. The minimum absolute atomic E-state index is 0.0971. The predicted octanol–water partition coefficient (Wildman–Crippen LogP) is 5.34. The number of unbranched alkanes of at least 4 members (excludes halogenated alkanes) is 3. The molecule has 0 bridgehead atoms. The van der Waals surface area contributed by atoms with E-state index in [2.05, 4.69) is 17.6 Å². The fourth-order valence-corrected chi connectivity index (χ4v) is 2.26. The Kier molecular flexibility index (Phi) is 6.49. The summed E-state index contributed by atoms with van der Waals surface area (Å²) in [5, 5.41) is 6.26. The summed E-state index contributed by atoms with van der Waals surface area (Å²) < 4.78 is 0. The Morgan fingerprint density at radius 3 is 2.14 bits per heavy atom. The average molecular weight is 296 g/mol. The largest absolute Gasteiger partial charge is 0.356 e. The maximum atomic E-state index is 11.8. The van der Waals surface area contributed by atoms with Gasteiger partial charge in [0, 0.05) is 23.5 Å². The van der Waals surface area contributed by atoms with Crippen molar-refractivity contribution in [3.63, 3.8) is 0 Å². The molecule has 2 rings (SSSR count). The van der Waals surface area contributed by atoms with Gasteiger partial charge in [-0.3, -0.25) is 4.79 Å². The Bertz CT molecular complexity index is 564. The quantitative estimate of drug-likeness (QED) is 0.646. The number of benzene rings is 2. The fraction of sp³-hybridized carbons (Fsp3) is 0.316. The molecule has 0 spiro atoms.